The predicted octanol–water partition coefficient (Wildman–Crippen LogP) is 2.59. The second-order valence-corrected chi connectivity index (χ2v) is 3.81. The quantitative estimate of drug-likeness (QED) is 0.825. The van der Waals surface area contributed by atoms with Gasteiger partial charge in [-0.25, -0.2) is 5.90 Å². The maximum absolute atomic E-state index is 12.5. The van der Waals surface area contributed by atoms with Gasteiger partial charge in [-0.05, 0) is 12.1 Å². The molecule has 0 spiro atoms. The molecular formula is C11H11F3N2O. The summed E-state index contributed by atoms with van der Waals surface area (Å²) in [6.07, 6.45) is -2.62. The van der Waals surface area contributed by atoms with Crippen LogP contribution in [-0.2, 0) is 24.7 Å². The van der Waals surface area contributed by atoms with Gasteiger partial charge in [-0.1, -0.05) is 6.07 Å². The number of hydrogen-bond acceptors (Lipinski definition) is 2. The minimum Gasteiger partial charge on any atom is -0.350 e. The summed E-state index contributed by atoms with van der Waals surface area (Å²) < 4.78 is 39.3. The number of aryl methyl sites for hydroxylation is 1. The summed E-state index contributed by atoms with van der Waals surface area (Å²) in [6, 6.07) is 3.62. The Hall–Kier alpha value is -1.53. The van der Waals surface area contributed by atoms with Gasteiger partial charge in [0.2, 0.25) is 0 Å². The maximum Gasteiger partial charge on any atom is 0.416 e. The topological polar surface area (TPSA) is 40.2 Å². The number of alkyl halides is 3. The molecule has 0 saturated heterocycles. The molecule has 0 radical (unpaired) electrons. The Morgan fingerprint density at radius 1 is 1.35 bits per heavy atom. The lowest BCUT2D eigenvalue weighted by atomic mass is 10.1. The molecule has 2 rings (SSSR count). The monoisotopic (exact) mass is 244 g/mol. The minimum atomic E-state index is -4.33. The van der Waals surface area contributed by atoms with Crippen molar-refractivity contribution in [3.63, 3.8) is 0 Å². The van der Waals surface area contributed by atoms with E-state index in [0.717, 1.165) is 17.7 Å². The van der Waals surface area contributed by atoms with Gasteiger partial charge in [0.1, 0.15) is 0 Å². The second kappa shape index (κ2) is 4.05. The van der Waals surface area contributed by atoms with Gasteiger partial charge in [0.25, 0.3) is 0 Å². The highest BCUT2D eigenvalue weighted by molar-refractivity contribution is 5.84. The van der Waals surface area contributed by atoms with Gasteiger partial charge in [0, 0.05) is 29.7 Å². The van der Waals surface area contributed by atoms with Crippen LogP contribution in [0, 0.1) is 0 Å². The lowest BCUT2D eigenvalue weighted by Gasteiger charge is -2.07. The summed E-state index contributed by atoms with van der Waals surface area (Å²) in [6.45, 7) is 0.169. The third-order valence-electron chi connectivity index (χ3n) is 2.64. The molecular weight excluding hydrogens is 233 g/mol. The molecule has 3 nitrogen and oxygen atoms in total. The normalized spacial score (nSPS) is 12.3. The predicted molar refractivity (Wildman–Crippen MR) is 56.9 cm³/mol. The van der Waals surface area contributed by atoms with E-state index in [1.807, 2.05) is 0 Å². The summed E-state index contributed by atoms with van der Waals surface area (Å²) in [7, 11) is 1.68. The van der Waals surface area contributed by atoms with Gasteiger partial charge in [-0.15, -0.1) is 0 Å². The van der Waals surface area contributed by atoms with E-state index in [9.17, 15) is 13.2 Å². The molecule has 0 amide bonds. The number of nitrogens with zero attached hydrogens (tertiary/aromatic N) is 1. The standard InChI is InChI=1S/C11H11F3N2O/c1-16-5-7(6-17-15)9-3-2-8(4-10(9)16)11(12,13)14/h2-5H,6,15H2,1H3. The molecule has 0 bridgehead atoms. The zero-order chi connectivity index (χ0) is 12.6. The Labute approximate surface area is 95.5 Å². The molecule has 92 valence electrons. The van der Waals surface area contributed by atoms with Crippen LogP contribution in [0.1, 0.15) is 11.1 Å². The van der Waals surface area contributed by atoms with E-state index in [-0.39, 0.29) is 6.61 Å². The van der Waals surface area contributed by atoms with Crippen LogP contribution >= 0.6 is 0 Å². The van der Waals surface area contributed by atoms with Crippen molar-refractivity contribution >= 4 is 10.9 Å². The number of nitrogens with two attached hydrogens (primary N) is 1. The molecule has 17 heavy (non-hydrogen) atoms. The fourth-order valence-electron chi connectivity index (χ4n) is 1.85. The van der Waals surface area contributed by atoms with E-state index < -0.39 is 11.7 Å². The molecule has 1 aromatic heterocycles. The van der Waals surface area contributed by atoms with Gasteiger partial charge in [0.05, 0.1) is 12.2 Å². The molecule has 0 unspecified atom stereocenters. The summed E-state index contributed by atoms with van der Waals surface area (Å²) >= 11 is 0. The third-order valence-corrected chi connectivity index (χ3v) is 2.64. The van der Waals surface area contributed by atoms with Crippen LogP contribution in [0.3, 0.4) is 0 Å². The van der Waals surface area contributed by atoms with Crippen LogP contribution in [0.5, 0.6) is 0 Å². The first-order valence-corrected chi connectivity index (χ1v) is 4.90. The van der Waals surface area contributed by atoms with Crippen molar-refractivity contribution in [2.75, 3.05) is 0 Å². The van der Waals surface area contributed by atoms with Crippen LogP contribution in [0.4, 0.5) is 13.2 Å². The van der Waals surface area contributed by atoms with E-state index in [1.165, 1.54) is 6.07 Å². The highest BCUT2D eigenvalue weighted by Crippen LogP contribution is 2.32. The van der Waals surface area contributed by atoms with E-state index in [4.69, 9.17) is 5.90 Å². The molecule has 6 heteroatoms. The number of rotatable bonds is 2. The Kier molecular flexibility index (Phi) is 2.84. The molecule has 2 aromatic rings. The zero-order valence-corrected chi connectivity index (χ0v) is 9.08. The van der Waals surface area contributed by atoms with Crippen molar-refractivity contribution < 1.29 is 18.0 Å². The van der Waals surface area contributed by atoms with Gasteiger partial charge in [0.15, 0.2) is 0 Å². The van der Waals surface area contributed by atoms with Crippen molar-refractivity contribution in [3.05, 3.63) is 35.5 Å². The van der Waals surface area contributed by atoms with Crippen molar-refractivity contribution in [2.24, 2.45) is 12.9 Å². The summed E-state index contributed by atoms with van der Waals surface area (Å²) in [5.41, 5.74) is 0.608. The maximum atomic E-state index is 12.5. The fraction of sp³-hybridized carbons (Fsp3) is 0.273. The molecule has 0 saturated carbocycles. The number of fused-ring (bicyclic) bond motifs is 1. The van der Waals surface area contributed by atoms with Crippen molar-refractivity contribution in [1.29, 1.82) is 0 Å². The van der Waals surface area contributed by atoms with Crippen LogP contribution in [-0.4, -0.2) is 4.57 Å². The van der Waals surface area contributed by atoms with Crippen LogP contribution < -0.4 is 5.90 Å². The average molecular weight is 244 g/mol. The molecule has 1 heterocycles. The molecule has 0 aliphatic heterocycles. The Morgan fingerprint density at radius 2 is 2.06 bits per heavy atom. The molecule has 2 N–H and O–H groups in total. The van der Waals surface area contributed by atoms with E-state index >= 15 is 0 Å². The third kappa shape index (κ3) is 2.13. The Balaban J connectivity index is 2.59. The Bertz CT molecular complexity index is 545. The van der Waals surface area contributed by atoms with Crippen molar-refractivity contribution in [3.8, 4) is 0 Å². The number of aromatic nitrogens is 1. The fourth-order valence-corrected chi connectivity index (χ4v) is 1.85. The van der Waals surface area contributed by atoms with Crippen LogP contribution in [0.15, 0.2) is 24.4 Å². The van der Waals surface area contributed by atoms with E-state index in [0.29, 0.717) is 10.9 Å². The van der Waals surface area contributed by atoms with Gasteiger partial charge < -0.3 is 4.57 Å². The van der Waals surface area contributed by atoms with Gasteiger partial charge >= 0.3 is 6.18 Å². The lowest BCUT2D eigenvalue weighted by molar-refractivity contribution is -0.137. The lowest BCUT2D eigenvalue weighted by Crippen LogP contribution is -2.04. The first-order chi connectivity index (χ1) is 7.93. The van der Waals surface area contributed by atoms with Gasteiger partial charge in [-0.2, -0.15) is 13.2 Å². The first kappa shape index (κ1) is 11.9. The zero-order valence-electron chi connectivity index (χ0n) is 9.08. The highest BCUT2D eigenvalue weighted by Gasteiger charge is 2.30. The number of hydrogen-bond donors (Lipinski definition) is 1. The average Bonchev–Trinajstić information content (AvgIpc) is 2.55. The van der Waals surface area contributed by atoms with Gasteiger partial charge in [-0.3, -0.25) is 4.84 Å². The molecule has 0 aliphatic rings. The molecule has 0 atom stereocenters. The molecule has 0 fully saturated rings. The Morgan fingerprint density at radius 3 is 2.65 bits per heavy atom. The number of halogens is 3. The SMILES string of the molecule is Cn1cc(CON)c2ccc(C(F)(F)F)cc21. The smallest absolute Gasteiger partial charge is 0.350 e. The summed E-state index contributed by atoms with van der Waals surface area (Å²) in [4.78, 5) is 4.51. The largest absolute Gasteiger partial charge is 0.416 e. The molecule has 0 aliphatic carbocycles. The summed E-state index contributed by atoms with van der Waals surface area (Å²) in [5.74, 6) is 4.97. The molecule has 1 aromatic carbocycles. The first-order valence-electron chi connectivity index (χ1n) is 4.90. The van der Waals surface area contributed by atoms with Crippen molar-refractivity contribution in [1.82, 2.24) is 4.57 Å². The van der Waals surface area contributed by atoms with Crippen LogP contribution in [0.25, 0.3) is 10.9 Å². The van der Waals surface area contributed by atoms with Crippen molar-refractivity contribution in [2.45, 2.75) is 12.8 Å². The van der Waals surface area contributed by atoms with Crippen LogP contribution in [0.2, 0.25) is 0 Å². The van der Waals surface area contributed by atoms with E-state index in [2.05, 4.69) is 4.84 Å². The summed E-state index contributed by atoms with van der Waals surface area (Å²) in [5, 5.41) is 0.714. The highest BCUT2D eigenvalue weighted by atomic mass is 19.4. The minimum absolute atomic E-state index is 0.169. The number of benzene rings is 1. The van der Waals surface area contributed by atoms with E-state index in [1.54, 1.807) is 17.8 Å². The second-order valence-electron chi connectivity index (χ2n) is 3.81.